The number of carbonyl (C=O) groups is 1. The van der Waals surface area contributed by atoms with E-state index in [4.69, 9.17) is 9.47 Å². The number of rotatable bonds is 5. The first-order valence-corrected chi connectivity index (χ1v) is 7.18. The van der Waals surface area contributed by atoms with Gasteiger partial charge in [-0.05, 0) is 62.6 Å². The van der Waals surface area contributed by atoms with Gasteiger partial charge in [0.25, 0.3) is 0 Å². The SMILES string of the molecule is CCOc1cc(C=O)ccc1OC1CC2CCC1C2. The highest BCUT2D eigenvalue weighted by atomic mass is 16.5. The van der Waals surface area contributed by atoms with Crippen LogP contribution in [0.1, 0.15) is 43.0 Å². The van der Waals surface area contributed by atoms with Gasteiger partial charge < -0.3 is 9.47 Å². The molecule has 2 fully saturated rings. The van der Waals surface area contributed by atoms with Crippen LogP contribution in [0.15, 0.2) is 18.2 Å². The average molecular weight is 260 g/mol. The summed E-state index contributed by atoms with van der Waals surface area (Å²) in [5.41, 5.74) is 0.628. The molecule has 0 radical (unpaired) electrons. The smallest absolute Gasteiger partial charge is 0.161 e. The Morgan fingerprint density at radius 1 is 1.26 bits per heavy atom. The summed E-state index contributed by atoms with van der Waals surface area (Å²) in [4.78, 5) is 10.8. The maximum absolute atomic E-state index is 10.8. The summed E-state index contributed by atoms with van der Waals surface area (Å²) in [7, 11) is 0. The van der Waals surface area contributed by atoms with Crippen molar-refractivity contribution in [3.8, 4) is 11.5 Å². The van der Waals surface area contributed by atoms with Gasteiger partial charge in [-0.25, -0.2) is 0 Å². The Hall–Kier alpha value is -1.51. The van der Waals surface area contributed by atoms with Crippen molar-refractivity contribution in [2.75, 3.05) is 6.61 Å². The molecule has 19 heavy (non-hydrogen) atoms. The van der Waals surface area contributed by atoms with Crippen LogP contribution in [0.5, 0.6) is 11.5 Å². The lowest BCUT2D eigenvalue weighted by molar-refractivity contribution is 0.112. The molecule has 1 aromatic carbocycles. The minimum atomic E-state index is 0.333. The molecule has 0 amide bonds. The molecule has 1 aromatic rings. The third-order valence-corrected chi connectivity index (χ3v) is 4.36. The summed E-state index contributed by atoms with van der Waals surface area (Å²) < 4.78 is 11.7. The third-order valence-electron chi connectivity index (χ3n) is 4.36. The highest BCUT2D eigenvalue weighted by Gasteiger charge is 2.41. The summed E-state index contributed by atoms with van der Waals surface area (Å²) >= 11 is 0. The van der Waals surface area contributed by atoms with E-state index in [0.717, 1.165) is 18.0 Å². The van der Waals surface area contributed by atoms with Gasteiger partial charge in [-0.1, -0.05) is 0 Å². The van der Waals surface area contributed by atoms with Gasteiger partial charge in [0.2, 0.25) is 0 Å². The van der Waals surface area contributed by atoms with Crippen molar-refractivity contribution >= 4 is 6.29 Å². The van der Waals surface area contributed by atoms with Crippen LogP contribution in [0.4, 0.5) is 0 Å². The lowest BCUT2D eigenvalue weighted by Crippen LogP contribution is -2.23. The Morgan fingerprint density at radius 3 is 2.79 bits per heavy atom. The molecule has 3 rings (SSSR count). The largest absolute Gasteiger partial charge is 0.490 e. The summed E-state index contributed by atoms with van der Waals surface area (Å²) in [6.07, 6.45) is 6.33. The molecule has 3 unspecified atom stereocenters. The molecule has 3 heteroatoms. The number of aldehydes is 1. The monoisotopic (exact) mass is 260 g/mol. The molecule has 0 aliphatic heterocycles. The van der Waals surface area contributed by atoms with Crippen LogP contribution in [0.3, 0.4) is 0 Å². The lowest BCUT2D eigenvalue weighted by Gasteiger charge is -2.24. The van der Waals surface area contributed by atoms with Crippen LogP contribution in [-0.4, -0.2) is 19.0 Å². The molecule has 0 aromatic heterocycles. The zero-order valence-corrected chi connectivity index (χ0v) is 11.3. The normalized spacial score (nSPS) is 28.4. The fourth-order valence-corrected chi connectivity index (χ4v) is 3.46. The molecule has 2 aliphatic rings. The van der Waals surface area contributed by atoms with Crippen LogP contribution in [0.25, 0.3) is 0 Å². The molecule has 102 valence electrons. The second-order valence-electron chi connectivity index (χ2n) is 5.59. The minimum absolute atomic E-state index is 0.333. The predicted octanol–water partition coefficient (Wildman–Crippen LogP) is 3.47. The van der Waals surface area contributed by atoms with Gasteiger partial charge in [-0.3, -0.25) is 4.79 Å². The highest BCUT2D eigenvalue weighted by molar-refractivity contribution is 5.76. The van der Waals surface area contributed by atoms with E-state index in [2.05, 4.69) is 0 Å². The van der Waals surface area contributed by atoms with Gasteiger partial charge in [-0.2, -0.15) is 0 Å². The topological polar surface area (TPSA) is 35.5 Å². The van der Waals surface area contributed by atoms with Crippen LogP contribution in [0.2, 0.25) is 0 Å². The molecule has 2 bridgehead atoms. The van der Waals surface area contributed by atoms with Gasteiger partial charge in [0.1, 0.15) is 12.4 Å². The molecule has 0 N–H and O–H groups in total. The van der Waals surface area contributed by atoms with Crippen LogP contribution < -0.4 is 9.47 Å². The molecule has 3 nitrogen and oxygen atoms in total. The molecule has 3 atom stereocenters. The standard InChI is InChI=1S/C16H20O3/c1-2-18-16-9-12(10-17)4-6-14(16)19-15-8-11-3-5-13(15)7-11/h4,6,9-11,13,15H,2-3,5,7-8H2,1H3. The van der Waals surface area contributed by atoms with Crippen LogP contribution >= 0.6 is 0 Å². The fourth-order valence-electron chi connectivity index (χ4n) is 3.46. The van der Waals surface area contributed by atoms with Gasteiger partial charge in [0, 0.05) is 5.56 Å². The van der Waals surface area contributed by atoms with Crippen molar-refractivity contribution in [2.45, 2.75) is 38.7 Å². The summed E-state index contributed by atoms with van der Waals surface area (Å²) in [5, 5.41) is 0. The van der Waals surface area contributed by atoms with E-state index in [1.165, 1.54) is 25.7 Å². The number of fused-ring (bicyclic) bond motifs is 2. The molecule has 2 aliphatic carbocycles. The zero-order valence-electron chi connectivity index (χ0n) is 11.3. The first kappa shape index (κ1) is 12.5. The Morgan fingerprint density at radius 2 is 2.16 bits per heavy atom. The lowest BCUT2D eigenvalue weighted by atomic mass is 9.98. The van der Waals surface area contributed by atoms with E-state index in [0.29, 0.717) is 29.9 Å². The molecular weight excluding hydrogens is 240 g/mol. The van der Waals surface area contributed by atoms with Crippen LogP contribution in [0, 0.1) is 11.8 Å². The Bertz CT molecular complexity index is 469. The minimum Gasteiger partial charge on any atom is -0.490 e. The summed E-state index contributed by atoms with van der Waals surface area (Å²) in [5.74, 6) is 3.05. The van der Waals surface area contributed by atoms with E-state index < -0.39 is 0 Å². The van der Waals surface area contributed by atoms with Gasteiger partial charge >= 0.3 is 0 Å². The highest BCUT2D eigenvalue weighted by Crippen LogP contribution is 2.46. The van der Waals surface area contributed by atoms with Crippen LogP contribution in [-0.2, 0) is 0 Å². The molecule has 0 saturated heterocycles. The molecule has 0 spiro atoms. The van der Waals surface area contributed by atoms with Crippen molar-refractivity contribution in [2.24, 2.45) is 11.8 Å². The van der Waals surface area contributed by atoms with Gasteiger partial charge in [-0.15, -0.1) is 0 Å². The Kier molecular flexibility index (Phi) is 3.45. The molecule has 0 heterocycles. The third kappa shape index (κ3) is 2.46. The van der Waals surface area contributed by atoms with Crippen molar-refractivity contribution in [3.63, 3.8) is 0 Å². The van der Waals surface area contributed by atoms with Gasteiger partial charge in [0.15, 0.2) is 11.5 Å². The Balaban J connectivity index is 1.77. The number of hydrogen-bond acceptors (Lipinski definition) is 3. The number of ether oxygens (including phenoxy) is 2. The molecular formula is C16H20O3. The van der Waals surface area contributed by atoms with Crippen molar-refractivity contribution in [1.29, 1.82) is 0 Å². The van der Waals surface area contributed by atoms with Crippen molar-refractivity contribution < 1.29 is 14.3 Å². The maximum atomic E-state index is 10.8. The maximum Gasteiger partial charge on any atom is 0.161 e. The number of benzene rings is 1. The first-order valence-electron chi connectivity index (χ1n) is 7.18. The van der Waals surface area contributed by atoms with E-state index in [-0.39, 0.29) is 0 Å². The van der Waals surface area contributed by atoms with E-state index >= 15 is 0 Å². The average Bonchev–Trinajstić information content (AvgIpc) is 3.03. The summed E-state index contributed by atoms with van der Waals surface area (Å²) in [6, 6.07) is 5.41. The van der Waals surface area contributed by atoms with Crippen molar-refractivity contribution in [1.82, 2.24) is 0 Å². The van der Waals surface area contributed by atoms with Crippen molar-refractivity contribution in [3.05, 3.63) is 23.8 Å². The number of hydrogen-bond donors (Lipinski definition) is 0. The van der Waals surface area contributed by atoms with E-state index in [1.807, 2.05) is 13.0 Å². The predicted molar refractivity (Wildman–Crippen MR) is 72.9 cm³/mol. The fraction of sp³-hybridized carbons (Fsp3) is 0.562. The molecule has 2 saturated carbocycles. The quantitative estimate of drug-likeness (QED) is 0.760. The zero-order chi connectivity index (χ0) is 13.2. The summed E-state index contributed by atoms with van der Waals surface area (Å²) in [6.45, 7) is 2.52. The van der Waals surface area contributed by atoms with E-state index in [9.17, 15) is 4.79 Å². The first-order chi connectivity index (χ1) is 9.30. The van der Waals surface area contributed by atoms with E-state index in [1.54, 1.807) is 12.1 Å². The number of carbonyl (C=O) groups excluding carboxylic acids is 1. The Labute approximate surface area is 113 Å². The second-order valence-corrected chi connectivity index (χ2v) is 5.59. The second kappa shape index (κ2) is 5.24. The van der Waals surface area contributed by atoms with Gasteiger partial charge in [0.05, 0.1) is 6.61 Å².